The summed E-state index contributed by atoms with van der Waals surface area (Å²) in [7, 11) is -0.563. The molecule has 0 heterocycles. The van der Waals surface area contributed by atoms with Gasteiger partial charge in [0.2, 0.25) is 0 Å². The van der Waals surface area contributed by atoms with Crippen LogP contribution in [0.1, 0.15) is 5.56 Å². The van der Waals surface area contributed by atoms with Gasteiger partial charge in [0.1, 0.15) is 6.54 Å². The van der Waals surface area contributed by atoms with E-state index >= 15 is 0 Å². The van der Waals surface area contributed by atoms with Crippen LogP contribution in [-0.2, 0) is 16.7 Å². The van der Waals surface area contributed by atoms with Crippen LogP contribution in [0.4, 0.5) is 39.5 Å². The van der Waals surface area contributed by atoms with Crippen molar-refractivity contribution in [2.75, 3.05) is 21.1 Å². The van der Waals surface area contributed by atoms with Crippen molar-refractivity contribution in [3.05, 3.63) is 35.9 Å². The third kappa shape index (κ3) is 5.98. The minimum atomic E-state index is -7.37. The molecule has 0 aliphatic carbocycles. The summed E-state index contributed by atoms with van der Waals surface area (Å²) >= 11 is 0. The molecule has 4 nitrogen and oxygen atoms in total. The SMILES string of the molecule is C[N+](C)(C)Cc1ccccc1.O=S(=O)(O)C(F)(F)C(F)(F)C(F)(F)C(F)(F)F. The van der Waals surface area contributed by atoms with Crippen LogP contribution >= 0.6 is 0 Å². The minimum Gasteiger partial charge on any atom is -0.327 e. The lowest BCUT2D eigenvalue weighted by Gasteiger charge is -2.31. The predicted octanol–water partition coefficient (Wildman–Crippen LogP) is 4.19. The molecule has 0 spiro atoms. The molecular formula is C14H17F9NO3S+. The van der Waals surface area contributed by atoms with Gasteiger partial charge >= 0.3 is 33.4 Å². The van der Waals surface area contributed by atoms with E-state index in [1.807, 2.05) is 0 Å². The summed E-state index contributed by atoms with van der Waals surface area (Å²) < 4.78 is 135. The molecule has 0 atom stereocenters. The highest BCUT2D eigenvalue weighted by Crippen LogP contribution is 2.54. The average molecular weight is 450 g/mol. The van der Waals surface area contributed by atoms with Gasteiger partial charge in [0.05, 0.1) is 21.1 Å². The lowest BCUT2D eigenvalue weighted by atomic mass is 10.1. The minimum absolute atomic E-state index is 0.990. The summed E-state index contributed by atoms with van der Waals surface area (Å²) in [6.07, 6.45) is -7.13. The zero-order valence-electron chi connectivity index (χ0n) is 14.6. The molecule has 0 saturated carbocycles. The molecule has 0 saturated heterocycles. The van der Waals surface area contributed by atoms with Gasteiger partial charge in [-0.3, -0.25) is 4.55 Å². The summed E-state index contributed by atoms with van der Waals surface area (Å²) in [5.74, 6) is -14.7. The van der Waals surface area contributed by atoms with Crippen LogP contribution in [-0.4, -0.2) is 61.9 Å². The van der Waals surface area contributed by atoms with Crippen molar-refractivity contribution in [1.82, 2.24) is 0 Å². The molecular weight excluding hydrogens is 433 g/mol. The molecule has 0 radical (unpaired) electrons. The van der Waals surface area contributed by atoms with Gasteiger partial charge in [-0.2, -0.15) is 47.9 Å². The van der Waals surface area contributed by atoms with Crippen molar-refractivity contribution in [2.45, 2.75) is 29.8 Å². The van der Waals surface area contributed by atoms with Crippen molar-refractivity contribution in [3.63, 3.8) is 0 Å². The number of hydrogen-bond donors (Lipinski definition) is 1. The monoisotopic (exact) mass is 450 g/mol. The topological polar surface area (TPSA) is 54.4 Å². The molecule has 164 valence electrons. The zero-order chi connectivity index (χ0) is 22.8. The van der Waals surface area contributed by atoms with Crippen LogP contribution in [0.2, 0.25) is 0 Å². The molecule has 28 heavy (non-hydrogen) atoms. The maximum Gasteiger partial charge on any atom is 0.460 e. The van der Waals surface area contributed by atoms with Crippen molar-refractivity contribution in [1.29, 1.82) is 0 Å². The first-order chi connectivity index (χ1) is 12.1. The van der Waals surface area contributed by atoms with Gasteiger partial charge in [-0.1, -0.05) is 30.3 Å². The lowest BCUT2D eigenvalue weighted by molar-refractivity contribution is -0.884. The standard InChI is InChI=1S/C10H16N.C4HF9O3S/c1-11(2,3)9-10-7-5-4-6-8-10;5-1(6,3(9,10)11)2(7,8)4(12,13)17(14,15)16/h4-8H,9H2,1-3H3;(H,14,15,16)/q+1;. The van der Waals surface area contributed by atoms with Crippen molar-refractivity contribution < 1.29 is 57.0 Å². The molecule has 0 unspecified atom stereocenters. The molecule has 0 bridgehead atoms. The fraction of sp³-hybridized carbons (Fsp3) is 0.571. The van der Waals surface area contributed by atoms with Crippen LogP contribution in [0.25, 0.3) is 0 Å². The van der Waals surface area contributed by atoms with Crippen molar-refractivity contribution in [2.24, 2.45) is 0 Å². The highest BCUT2D eigenvalue weighted by atomic mass is 32.2. The van der Waals surface area contributed by atoms with E-state index in [1.165, 1.54) is 5.56 Å². The summed E-state index contributed by atoms with van der Waals surface area (Å²) in [5.41, 5.74) is 1.40. The van der Waals surface area contributed by atoms with Crippen LogP contribution in [0, 0.1) is 0 Å². The van der Waals surface area contributed by atoms with E-state index in [0.29, 0.717) is 0 Å². The Morgan fingerprint density at radius 2 is 1.21 bits per heavy atom. The third-order valence-electron chi connectivity index (χ3n) is 2.94. The van der Waals surface area contributed by atoms with Gasteiger partial charge in [0, 0.05) is 5.56 Å². The quantitative estimate of drug-likeness (QED) is 0.416. The lowest BCUT2D eigenvalue weighted by Crippen LogP contribution is -2.63. The van der Waals surface area contributed by atoms with E-state index in [2.05, 4.69) is 51.5 Å². The Kier molecular flexibility index (Phi) is 7.62. The normalized spacial score (nSPS) is 14.3. The fourth-order valence-corrected chi connectivity index (χ4v) is 2.11. The van der Waals surface area contributed by atoms with Crippen molar-refractivity contribution in [3.8, 4) is 0 Å². The zero-order valence-corrected chi connectivity index (χ0v) is 15.4. The number of nitrogens with zero attached hydrogens (tertiary/aromatic N) is 1. The summed E-state index contributed by atoms with van der Waals surface area (Å²) in [4.78, 5) is 0. The molecule has 1 rings (SSSR count). The van der Waals surface area contributed by atoms with Crippen LogP contribution < -0.4 is 0 Å². The Bertz CT molecular complexity index is 742. The highest BCUT2D eigenvalue weighted by molar-refractivity contribution is 7.87. The smallest absolute Gasteiger partial charge is 0.327 e. The molecule has 1 aromatic rings. The molecule has 0 aliphatic heterocycles. The van der Waals surface area contributed by atoms with Gasteiger partial charge in [-0.15, -0.1) is 0 Å². The van der Waals surface area contributed by atoms with Gasteiger partial charge < -0.3 is 4.48 Å². The first-order valence-corrected chi connectivity index (χ1v) is 8.53. The van der Waals surface area contributed by atoms with Crippen LogP contribution in [0.15, 0.2) is 30.3 Å². The molecule has 0 amide bonds. The van der Waals surface area contributed by atoms with E-state index < -0.39 is 33.4 Å². The molecule has 0 aliphatic rings. The molecule has 1 aromatic carbocycles. The van der Waals surface area contributed by atoms with Crippen LogP contribution in [0.3, 0.4) is 0 Å². The highest BCUT2D eigenvalue weighted by Gasteiger charge is 2.85. The second-order valence-corrected chi connectivity index (χ2v) is 8.04. The first-order valence-electron chi connectivity index (χ1n) is 7.09. The molecule has 0 aromatic heterocycles. The van der Waals surface area contributed by atoms with E-state index in [0.717, 1.165) is 11.0 Å². The van der Waals surface area contributed by atoms with Crippen LogP contribution in [0.5, 0.6) is 0 Å². The first kappa shape index (κ1) is 26.5. The average Bonchev–Trinajstić information content (AvgIpc) is 2.44. The number of hydrogen-bond acceptors (Lipinski definition) is 2. The Morgan fingerprint density at radius 3 is 1.50 bits per heavy atom. The van der Waals surface area contributed by atoms with Gasteiger partial charge in [0.15, 0.2) is 0 Å². The fourth-order valence-electron chi connectivity index (χ4n) is 1.65. The Morgan fingerprint density at radius 1 is 0.821 bits per heavy atom. The van der Waals surface area contributed by atoms with E-state index in [9.17, 15) is 47.9 Å². The number of halogens is 9. The Labute approximate surface area is 154 Å². The second kappa shape index (κ2) is 8.06. The molecule has 0 fully saturated rings. The summed E-state index contributed by atoms with van der Waals surface area (Å²) in [6, 6.07) is 10.6. The van der Waals surface area contributed by atoms with Crippen molar-refractivity contribution >= 4 is 10.1 Å². The molecule has 14 heteroatoms. The van der Waals surface area contributed by atoms with Gasteiger partial charge in [-0.25, -0.2) is 0 Å². The Balaban J connectivity index is 0.000000567. The maximum absolute atomic E-state index is 12.2. The van der Waals surface area contributed by atoms with E-state index in [4.69, 9.17) is 4.55 Å². The van der Waals surface area contributed by atoms with Gasteiger partial charge in [-0.05, 0) is 0 Å². The Hall–Kier alpha value is -1.54. The summed E-state index contributed by atoms with van der Waals surface area (Å²) in [5, 5.41) is -7.00. The largest absolute Gasteiger partial charge is 0.460 e. The second-order valence-electron chi connectivity index (χ2n) is 6.57. The third-order valence-corrected chi connectivity index (χ3v) is 3.84. The van der Waals surface area contributed by atoms with E-state index in [1.54, 1.807) is 0 Å². The van der Waals surface area contributed by atoms with E-state index in [-0.39, 0.29) is 0 Å². The van der Waals surface area contributed by atoms with Gasteiger partial charge in [0.25, 0.3) is 0 Å². The summed E-state index contributed by atoms with van der Waals surface area (Å²) in [6.45, 7) is 1.10. The number of rotatable bonds is 5. The number of benzene rings is 1. The number of alkyl halides is 9. The maximum atomic E-state index is 12.2. The molecule has 1 N–H and O–H groups in total. The predicted molar refractivity (Wildman–Crippen MR) is 80.6 cm³/mol. The number of quaternary nitrogens is 1.